The Kier molecular flexibility index (Phi) is 4.01. The van der Waals surface area contributed by atoms with Crippen LogP contribution in [0, 0.1) is 0 Å². The van der Waals surface area contributed by atoms with Gasteiger partial charge in [-0.25, -0.2) is 5.48 Å². The number of alkyl halides is 3. The van der Waals surface area contributed by atoms with Gasteiger partial charge in [-0.2, -0.15) is 13.2 Å². The number of benzene rings is 1. The number of hydrogen-bond acceptors (Lipinski definition) is 3. The van der Waals surface area contributed by atoms with E-state index in [0.29, 0.717) is 25.9 Å². The van der Waals surface area contributed by atoms with E-state index in [-0.39, 0.29) is 5.56 Å². The van der Waals surface area contributed by atoms with Gasteiger partial charge < -0.3 is 5.32 Å². The zero-order valence-electron chi connectivity index (χ0n) is 10.6. The molecule has 0 atom stereocenters. The minimum Gasteiger partial charge on any atom is -0.317 e. The maximum Gasteiger partial charge on any atom is 0.416 e. The number of amides is 1. The number of nitrogens with one attached hydrogen (secondary N) is 2. The van der Waals surface area contributed by atoms with Crippen LogP contribution in [0.4, 0.5) is 13.2 Å². The summed E-state index contributed by atoms with van der Waals surface area (Å²) in [4.78, 5) is 12.0. The van der Waals surface area contributed by atoms with Gasteiger partial charge in [0.05, 0.1) is 11.0 Å². The summed E-state index contributed by atoms with van der Waals surface area (Å²) >= 11 is 0. The molecule has 1 amide bonds. The monoisotopic (exact) mass is 288 g/mol. The number of hydrogen-bond donors (Lipinski definition) is 3. The Balaban J connectivity index is 2.47. The summed E-state index contributed by atoms with van der Waals surface area (Å²) in [6.45, 7) is 1.01. The molecule has 2 rings (SSSR count). The maximum absolute atomic E-state index is 12.8. The molecule has 0 radical (unpaired) electrons. The minimum atomic E-state index is -4.46. The van der Waals surface area contributed by atoms with Crippen LogP contribution < -0.4 is 10.8 Å². The van der Waals surface area contributed by atoms with Gasteiger partial charge in [-0.05, 0) is 37.6 Å². The van der Waals surface area contributed by atoms with E-state index in [1.165, 1.54) is 12.1 Å². The molecule has 1 heterocycles. The van der Waals surface area contributed by atoms with Gasteiger partial charge in [0, 0.05) is 0 Å². The average molecular weight is 288 g/mol. The molecule has 1 aromatic carbocycles. The molecule has 3 N–H and O–H groups in total. The van der Waals surface area contributed by atoms with Crippen molar-refractivity contribution in [1.29, 1.82) is 0 Å². The van der Waals surface area contributed by atoms with Gasteiger partial charge in [0.25, 0.3) is 5.91 Å². The Hall–Kier alpha value is -1.60. The lowest BCUT2D eigenvalue weighted by atomic mass is 9.72. The molecule has 1 saturated heterocycles. The Morgan fingerprint density at radius 3 is 2.50 bits per heavy atom. The Labute approximate surface area is 113 Å². The zero-order valence-corrected chi connectivity index (χ0v) is 10.6. The predicted molar refractivity (Wildman–Crippen MR) is 65.2 cm³/mol. The molecule has 1 aliphatic heterocycles. The third-order valence-corrected chi connectivity index (χ3v) is 3.74. The molecule has 1 fully saturated rings. The molecule has 20 heavy (non-hydrogen) atoms. The van der Waals surface area contributed by atoms with E-state index in [4.69, 9.17) is 5.21 Å². The molecule has 1 aliphatic rings. The lowest BCUT2D eigenvalue weighted by molar-refractivity contribution is -0.139. The smallest absolute Gasteiger partial charge is 0.317 e. The van der Waals surface area contributed by atoms with Gasteiger partial charge >= 0.3 is 6.18 Å². The van der Waals surface area contributed by atoms with E-state index in [1.807, 2.05) is 0 Å². The van der Waals surface area contributed by atoms with E-state index < -0.39 is 23.1 Å². The normalized spacial score (nSPS) is 18.6. The molecule has 0 aliphatic carbocycles. The Morgan fingerprint density at radius 1 is 1.30 bits per heavy atom. The SMILES string of the molecule is O=C(NO)C1(c2cccc(C(F)(F)F)c2)CCNCC1. The molecule has 110 valence electrons. The largest absolute Gasteiger partial charge is 0.416 e. The zero-order chi connectivity index (χ0) is 14.8. The summed E-state index contributed by atoms with van der Waals surface area (Å²) in [6.07, 6.45) is -3.79. The van der Waals surface area contributed by atoms with Gasteiger partial charge in [0.2, 0.25) is 0 Å². The third-order valence-electron chi connectivity index (χ3n) is 3.74. The van der Waals surface area contributed by atoms with Gasteiger partial charge in [-0.1, -0.05) is 18.2 Å². The van der Waals surface area contributed by atoms with Crippen LogP contribution in [0.3, 0.4) is 0 Å². The van der Waals surface area contributed by atoms with Gasteiger partial charge in [-0.15, -0.1) is 0 Å². The third kappa shape index (κ3) is 2.64. The molecule has 0 bridgehead atoms. The van der Waals surface area contributed by atoms with Crippen molar-refractivity contribution in [2.24, 2.45) is 0 Å². The second-order valence-corrected chi connectivity index (χ2v) is 4.85. The highest BCUT2D eigenvalue weighted by molar-refractivity contribution is 5.87. The molecular weight excluding hydrogens is 273 g/mol. The quantitative estimate of drug-likeness (QED) is 0.575. The molecule has 4 nitrogen and oxygen atoms in total. The maximum atomic E-state index is 12.8. The highest BCUT2D eigenvalue weighted by Gasteiger charge is 2.42. The van der Waals surface area contributed by atoms with Crippen molar-refractivity contribution in [3.63, 3.8) is 0 Å². The fourth-order valence-corrected chi connectivity index (χ4v) is 2.60. The summed E-state index contributed by atoms with van der Waals surface area (Å²) in [5.41, 5.74) is -0.0543. The van der Waals surface area contributed by atoms with Crippen molar-refractivity contribution in [2.75, 3.05) is 13.1 Å². The summed E-state index contributed by atoms with van der Waals surface area (Å²) in [6, 6.07) is 4.73. The van der Waals surface area contributed by atoms with Crippen molar-refractivity contribution in [3.05, 3.63) is 35.4 Å². The van der Waals surface area contributed by atoms with E-state index in [9.17, 15) is 18.0 Å². The number of hydroxylamine groups is 1. The molecule has 1 aromatic rings. The Morgan fingerprint density at radius 2 is 1.95 bits per heavy atom. The van der Waals surface area contributed by atoms with Crippen LogP contribution in [0.25, 0.3) is 0 Å². The van der Waals surface area contributed by atoms with Crippen LogP contribution in [0.15, 0.2) is 24.3 Å². The fraction of sp³-hybridized carbons (Fsp3) is 0.462. The molecule has 0 aromatic heterocycles. The first kappa shape index (κ1) is 14.8. The lowest BCUT2D eigenvalue weighted by Gasteiger charge is -2.36. The molecule has 0 spiro atoms. The topological polar surface area (TPSA) is 61.4 Å². The fourth-order valence-electron chi connectivity index (χ4n) is 2.60. The van der Waals surface area contributed by atoms with E-state index in [2.05, 4.69) is 5.32 Å². The average Bonchev–Trinajstić information content (AvgIpc) is 2.46. The van der Waals surface area contributed by atoms with Gasteiger partial charge in [0.15, 0.2) is 0 Å². The summed E-state index contributed by atoms with van der Waals surface area (Å²) < 4.78 is 38.3. The standard InChI is InChI=1S/C13H15F3N2O2/c14-13(15,16)10-3-1-2-9(8-10)12(11(19)18-20)4-6-17-7-5-12/h1-3,8,17,20H,4-7H2,(H,18,19). The highest BCUT2D eigenvalue weighted by Crippen LogP contribution is 2.37. The summed E-state index contributed by atoms with van der Waals surface area (Å²) in [5, 5.41) is 11.9. The number of carbonyl (C=O) groups is 1. The second-order valence-electron chi connectivity index (χ2n) is 4.85. The Bertz CT molecular complexity index is 497. The molecule has 7 heteroatoms. The van der Waals surface area contributed by atoms with Crippen molar-refractivity contribution in [2.45, 2.75) is 24.4 Å². The van der Waals surface area contributed by atoms with Gasteiger partial charge in [-0.3, -0.25) is 10.0 Å². The van der Waals surface area contributed by atoms with Crippen LogP contribution in [-0.2, 0) is 16.4 Å². The van der Waals surface area contributed by atoms with Gasteiger partial charge in [0.1, 0.15) is 0 Å². The van der Waals surface area contributed by atoms with Crippen LogP contribution in [-0.4, -0.2) is 24.2 Å². The molecule has 0 unspecified atom stereocenters. The van der Waals surface area contributed by atoms with Crippen molar-refractivity contribution < 1.29 is 23.2 Å². The number of halogens is 3. The first-order chi connectivity index (χ1) is 9.40. The summed E-state index contributed by atoms with van der Waals surface area (Å²) in [5.74, 6) is -0.668. The number of carbonyl (C=O) groups excluding carboxylic acids is 1. The molecule has 0 saturated carbocycles. The minimum absolute atomic E-state index is 0.278. The van der Waals surface area contributed by atoms with E-state index in [1.54, 1.807) is 5.48 Å². The van der Waals surface area contributed by atoms with Crippen LogP contribution in [0.2, 0.25) is 0 Å². The highest BCUT2D eigenvalue weighted by atomic mass is 19.4. The second kappa shape index (κ2) is 5.41. The van der Waals surface area contributed by atoms with Crippen LogP contribution >= 0.6 is 0 Å². The first-order valence-electron chi connectivity index (χ1n) is 6.23. The lowest BCUT2D eigenvalue weighted by Crippen LogP contribution is -2.50. The van der Waals surface area contributed by atoms with E-state index >= 15 is 0 Å². The van der Waals surface area contributed by atoms with Crippen molar-refractivity contribution in [3.8, 4) is 0 Å². The van der Waals surface area contributed by atoms with Crippen LogP contribution in [0.1, 0.15) is 24.0 Å². The number of piperidine rings is 1. The summed E-state index contributed by atoms with van der Waals surface area (Å²) in [7, 11) is 0. The van der Waals surface area contributed by atoms with Crippen LogP contribution in [0.5, 0.6) is 0 Å². The van der Waals surface area contributed by atoms with Crippen molar-refractivity contribution >= 4 is 5.91 Å². The van der Waals surface area contributed by atoms with Crippen molar-refractivity contribution in [1.82, 2.24) is 10.8 Å². The number of rotatable bonds is 2. The molecular formula is C13H15F3N2O2. The first-order valence-corrected chi connectivity index (χ1v) is 6.23. The predicted octanol–water partition coefficient (Wildman–Crippen LogP) is 1.83. The van der Waals surface area contributed by atoms with E-state index in [0.717, 1.165) is 12.1 Å².